The van der Waals surface area contributed by atoms with Gasteiger partial charge in [0.1, 0.15) is 5.82 Å². The van der Waals surface area contributed by atoms with Crippen LogP contribution in [0, 0.1) is 5.82 Å². The zero-order valence-electron chi connectivity index (χ0n) is 14.0. The molecule has 2 aromatic carbocycles. The first-order chi connectivity index (χ1) is 12.9. The number of carbonyl (C=O) groups excluding carboxylic acids is 3. The Morgan fingerprint density at radius 2 is 1.93 bits per heavy atom. The Balaban J connectivity index is 1.68. The largest absolute Gasteiger partial charge is 0.454 e. The second-order valence-corrected chi connectivity index (χ2v) is 6.76. The van der Waals surface area contributed by atoms with E-state index in [-0.39, 0.29) is 21.5 Å². The number of nitrogens with zero attached hydrogens (tertiary/aromatic N) is 1. The molecular weight excluding hydrogens is 396 g/mol. The van der Waals surface area contributed by atoms with Gasteiger partial charge in [-0.15, -0.1) is 0 Å². The fourth-order valence-corrected chi connectivity index (χ4v) is 3.20. The van der Waals surface area contributed by atoms with Gasteiger partial charge in [-0.25, -0.2) is 9.18 Å². The summed E-state index contributed by atoms with van der Waals surface area (Å²) in [5.74, 6) is -2.20. The second-order valence-electron chi connectivity index (χ2n) is 5.94. The molecule has 0 N–H and O–H groups in total. The quantitative estimate of drug-likeness (QED) is 0.419. The summed E-state index contributed by atoms with van der Waals surface area (Å²) in [5.41, 5.74) is 0.702. The van der Waals surface area contributed by atoms with Gasteiger partial charge in [-0.05, 0) is 30.7 Å². The van der Waals surface area contributed by atoms with Crippen LogP contribution in [-0.4, -0.2) is 30.8 Å². The van der Waals surface area contributed by atoms with E-state index in [9.17, 15) is 18.8 Å². The smallest absolute Gasteiger partial charge is 0.340 e. The third-order valence-electron chi connectivity index (χ3n) is 4.12. The Morgan fingerprint density at radius 3 is 2.63 bits per heavy atom. The van der Waals surface area contributed by atoms with Crippen molar-refractivity contribution in [2.45, 2.75) is 12.8 Å². The van der Waals surface area contributed by atoms with Gasteiger partial charge < -0.3 is 9.64 Å². The molecule has 0 saturated carbocycles. The summed E-state index contributed by atoms with van der Waals surface area (Å²) in [6, 6.07) is 8.48. The molecule has 1 amide bonds. The molecule has 0 aliphatic carbocycles. The number of ketones is 1. The van der Waals surface area contributed by atoms with E-state index >= 15 is 0 Å². The minimum atomic E-state index is -0.935. The minimum absolute atomic E-state index is 0.00503. The van der Waals surface area contributed by atoms with Crippen molar-refractivity contribution in [2.75, 3.05) is 18.1 Å². The van der Waals surface area contributed by atoms with Crippen LogP contribution in [0.5, 0.6) is 0 Å². The van der Waals surface area contributed by atoms with Gasteiger partial charge in [0.25, 0.3) is 0 Å². The lowest BCUT2D eigenvalue weighted by molar-refractivity contribution is -0.117. The van der Waals surface area contributed by atoms with Crippen molar-refractivity contribution in [3.8, 4) is 0 Å². The van der Waals surface area contributed by atoms with Crippen LogP contribution >= 0.6 is 23.2 Å². The number of Topliss-reactive ketones (excluding diaryl/α,β-unsaturated/α-hetero) is 1. The van der Waals surface area contributed by atoms with Gasteiger partial charge in [0.2, 0.25) is 5.91 Å². The summed E-state index contributed by atoms with van der Waals surface area (Å²) in [6.07, 6.45) is 1.25. The first-order valence-electron chi connectivity index (χ1n) is 8.12. The van der Waals surface area contributed by atoms with Crippen LogP contribution in [0.25, 0.3) is 0 Å². The van der Waals surface area contributed by atoms with Crippen molar-refractivity contribution >= 4 is 46.5 Å². The van der Waals surface area contributed by atoms with Crippen LogP contribution in [0.4, 0.5) is 10.1 Å². The predicted octanol–water partition coefficient (Wildman–Crippen LogP) is 4.30. The first-order valence-corrected chi connectivity index (χ1v) is 8.87. The zero-order valence-corrected chi connectivity index (χ0v) is 15.5. The van der Waals surface area contributed by atoms with Crippen molar-refractivity contribution in [3.63, 3.8) is 0 Å². The molecule has 0 atom stereocenters. The molecule has 1 saturated heterocycles. The highest BCUT2D eigenvalue weighted by Gasteiger charge is 2.23. The summed E-state index contributed by atoms with van der Waals surface area (Å²) in [5, 5.41) is -0.297. The van der Waals surface area contributed by atoms with E-state index in [1.54, 1.807) is 29.2 Å². The van der Waals surface area contributed by atoms with Crippen LogP contribution in [0.1, 0.15) is 33.6 Å². The molecule has 3 rings (SSSR count). The average Bonchev–Trinajstić information content (AvgIpc) is 3.08. The van der Waals surface area contributed by atoms with E-state index in [2.05, 4.69) is 0 Å². The lowest BCUT2D eigenvalue weighted by atomic mass is 10.1. The lowest BCUT2D eigenvalue weighted by Crippen LogP contribution is -2.24. The van der Waals surface area contributed by atoms with Gasteiger partial charge in [-0.2, -0.15) is 0 Å². The normalized spacial score (nSPS) is 13.7. The van der Waals surface area contributed by atoms with E-state index in [0.717, 1.165) is 18.6 Å². The average molecular weight is 410 g/mol. The Bertz CT molecular complexity index is 932. The van der Waals surface area contributed by atoms with Crippen LogP contribution in [0.15, 0.2) is 36.4 Å². The Morgan fingerprint density at radius 1 is 1.15 bits per heavy atom. The maximum Gasteiger partial charge on any atom is 0.340 e. The Labute approximate surface area is 164 Å². The molecule has 0 radical (unpaired) electrons. The molecular formula is C19H14Cl2FNO4. The van der Waals surface area contributed by atoms with E-state index in [0.29, 0.717) is 24.2 Å². The highest BCUT2D eigenvalue weighted by molar-refractivity contribution is 6.36. The fraction of sp³-hybridized carbons (Fsp3) is 0.211. The van der Waals surface area contributed by atoms with Crippen molar-refractivity contribution < 1.29 is 23.5 Å². The summed E-state index contributed by atoms with van der Waals surface area (Å²) < 4.78 is 18.5. The number of anilines is 1. The number of carbonyl (C=O) groups is 3. The molecule has 8 heteroatoms. The van der Waals surface area contributed by atoms with Crippen LogP contribution in [0.3, 0.4) is 0 Å². The van der Waals surface area contributed by atoms with Gasteiger partial charge in [-0.3, -0.25) is 9.59 Å². The third-order valence-corrected chi connectivity index (χ3v) is 4.72. The van der Waals surface area contributed by atoms with E-state index in [1.165, 1.54) is 0 Å². The molecule has 5 nitrogen and oxygen atoms in total. The topological polar surface area (TPSA) is 63.7 Å². The summed E-state index contributed by atoms with van der Waals surface area (Å²) in [7, 11) is 0. The molecule has 0 aromatic heterocycles. The van der Waals surface area contributed by atoms with Crippen molar-refractivity contribution in [1.82, 2.24) is 0 Å². The monoisotopic (exact) mass is 409 g/mol. The van der Waals surface area contributed by atoms with E-state index in [1.807, 2.05) is 0 Å². The lowest BCUT2D eigenvalue weighted by Gasteiger charge is -2.16. The zero-order chi connectivity index (χ0) is 19.6. The number of esters is 1. The number of halogens is 3. The summed E-state index contributed by atoms with van der Waals surface area (Å²) >= 11 is 11.4. The second kappa shape index (κ2) is 8.06. The first kappa shape index (κ1) is 19.3. The number of benzene rings is 2. The number of rotatable bonds is 5. The standard InChI is InChI=1S/C19H14Cl2FNO4/c20-14-9-15(21)16(22)8-13(14)19(26)27-10-17(24)11-3-1-4-12(7-11)23-6-2-5-18(23)25/h1,3-4,7-9H,2,5-6,10H2. The molecule has 1 fully saturated rings. The fourth-order valence-electron chi connectivity index (χ4n) is 2.74. The van der Waals surface area contributed by atoms with Gasteiger partial charge >= 0.3 is 5.97 Å². The number of ether oxygens (including phenoxy) is 1. The van der Waals surface area contributed by atoms with E-state index in [4.69, 9.17) is 27.9 Å². The van der Waals surface area contributed by atoms with Gasteiger partial charge in [0.05, 0.1) is 15.6 Å². The SMILES string of the molecule is O=C(COC(=O)c1cc(F)c(Cl)cc1Cl)c1cccc(N2CCCC2=O)c1. The maximum atomic E-state index is 13.5. The predicted molar refractivity (Wildman–Crippen MR) is 99.1 cm³/mol. The number of hydrogen-bond donors (Lipinski definition) is 0. The molecule has 1 aliphatic rings. The molecule has 1 aliphatic heterocycles. The highest BCUT2D eigenvalue weighted by Crippen LogP contribution is 2.25. The number of amides is 1. The molecule has 140 valence electrons. The minimum Gasteiger partial charge on any atom is -0.454 e. The molecule has 0 bridgehead atoms. The molecule has 0 spiro atoms. The maximum absolute atomic E-state index is 13.5. The molecule has 1 heterocycles. The summed E-state index contributed by atoms with van der Waals surface area (Å²) in [4.78, 5) is 37.8. The van der Waals surface area contributed by atoms with Crippen molar-refractivity contribution in [3.05, 3.63) is 63.4 Å². The van der Waals surface area contributed by atoms with Gasteiger partial charge in [-0.1, -0.05) is 35.3 Å². The van der Waals surface area contributed by atoms with E-state index < -0.39 is 24.2 Å². The Kier molecular flexibility index (Phi) is 5.77. The van der Waals surface area contributed by atoms with Crippen LogP contribution in [-0.2, 0) is 9.53 Å². The van der Waals surface area contributed by atoms with Crippen LogP contribution in [0.2, 0.25) is 10.0 Å². The Hall–Kier alpha value is -2.44. The summed E-state index contributed by atoms with van der Waals surface area (Å²) in [6.45, 7) is 0.0584. The molecule has 27 heavy (non-hydrogen) atoms. The highest BCUT2D eigenvalue weighted by atomic mass is 35.5. The van der Waals surface area contributed by atoms with Crippen molar-refractivity contribution in [2.24, 2.45) is 0 Å². The third kappa shape index (κ3) is 4.28. The van der Waals surface area contributed by atoms with Gasteiger partial charge in [0, 0.05) is 24.2 Å². The van der Waals surface area contributed by atoms with Crippen LogP contribution < -0.4 is 4.90 Å². The molecule has 0 unspecified atom stereocenters. The van der Waals surface area contributed by atoms with Crippen molar-refractivity contribution in [1.29, 1.82) is 0 Å². The molecule has 2 aromatic rings. The number of hydrogen-bond acceptors (Lipinski definition) is 4. The van der Waals surface area contributed by atoms with Gasteiger partial charge in [0.15, 0.2) is 12.4 Å².